The molecule has 0 aliphatic rings. The van der Waals surface area contributed by atoms with E-state index in [0.29, 0.717) is 0 Å². The maximum absolute atomic E-state index is 4.65. The lowest BCUT2D eigenvalue weighted by atomic mass is 10.0. The van der Waals surface area contributed by atoms with Gasteiger partial charge in [0.25, 0.3) is 0 Å². The molecule has 0 aliphatic carbocycles. The molecule has 0 N–H and O–H groups in total. The molecule has 2 heteroatoms. The van der Waals surface area contributed by atoms with Crippen LogP contribution >= 0.6 is 0 Å². The van der Waals surface area contributed by atoms with Crippen molar-refractivity contribution >= 4 is 0 Å². The summed E-state index contributed by atoms with van der Waals surface area (Å²) in [5.41, 5.74) is 8.73. The van der Waals surface area contributed by atoms with Crippen molar-refractivity contribution in [2.24, 2.45) is 0 Å². The van der Waals surface area contributed by atoms with Crippen molar-refractivity contribution in [3.8, 4) is 5.69 Å². The van der Waals surface area contributed by atoms with Gasteiger partial charge in [-0.15, -0.1) is 0 Å². The Kier molecular flexibility index (Phi) is 2.82. The molecule has 2 aromatic rings. The molecule has 0 amide bonds. The Morgan fingerprint density at radius 1 is 0.882 bits per heavy atom. The zero-order valence-corrected chi connectivity index (χ0v) is 11.5. The van der Waals surface area contributed by atoms with Crippen LogP contribution in [0.4, 0.5) is 0 Å². The first-order valence-corrected chi connectivity index (χ1v) is 6.03. The molecule has 0 fully saturated rings. The van der Waals surface area contributed by atoms with E-state index >= 15 is 0 Å². The summed E-state index contributed by atoms with van der Waals surface area (Å²) in [5, 5.41) is 4.65. The van der Waals surface area contributed by atoms with E-state index < -0.39 is 0 Å². The Labute approximate surface area is 103 Å². The molecule has 0 radical (unpaired) electrons. The Morgan fingerprint density at radius 3 is 1.82 bits per heavy atom. The molecule has 2 rings (SSSR count). The standard InChI is InChI=1S/C15H20N2/c1-9-7-10(2)15(11(3)8-9)17-14(6)12(4)13(5)16-17/h7-8H,1-6H3. The highest BCUT2D eigenvalue weighted by Crippen LogP contribution is 2.24. The molecule has 2 nitrogen and oxygen atoms in total. The lowest BCUT2D eigenvalue weighted by Crippen LogP contribution is -2.04. The fourth-order valence-electron chi connectivity index (χ4n) is 2.44. The van der Waals surface area contributed by atoms with Gasteiger partial charge in [0, 0.05) is 5.69 Å². The molecular formula is C15H20N2. The number of hydrogen-bond acceptors (Lipinski definition) is 1. The third-order valence-electron chi connectivity index (χ3n) is 3.50. The predicted molar refractivity (Wildman–Crippen MR) is 72.0 cm³/mol. The summed E-state index contributed by atoms with van der Waals surface area (Å²) in [4.78, 5) is 0. The summed E-state index contributed by atoms with van der Waals surface area (Å²) in [7, 11) is 0. The quantitative estimate of drug-likeness (QED) is 0.727. The van der Waals surface area contributed by atoms with Gasteiger partial charge in [0.15, 0.2) is 0 Å². The monoisotopic (exact) mass is 228 g/mol. The van der Waals surface area contributed by atoms with E-state index in [2.05, 4.69) is 63.5 Å². The van der Waals surface area contributed by atoms with Gasteiger partial charge >= 0.3 is 0 Å². The number of aryl methyl sites for hydroxylation is 4. The summed E-state index contributed by atoms with van der Waals surface area (Å²) in [6, 6.07) is 4.43. The van der Waals surface area contributed by atoms with Crippen molar-refractivity contribution in [3.05, 3.63) is 45.8 Å². The molecule has 0 saturated heterocycles. The molecule has 0 aliphatic heterocycles. The van der Waals surface area contributed by atoms with Gasteiger partial charge in [-0.25, -0.2) is 4.68 Å². The highest BCUT2D eigenvalue weighted by atomic mass is 15.3. The molecule has 1 aromatic carbocycles. The molecule has 1 aromatic heterocycles. The van der Waals surface area contributed by atoms with Crippen LogP contribution in [0.25, 0.3) is 5.69 Å². The van der Waals surface area contributed by atoms with Gasteiger partial charge in [0.2, 0.25) is 0 Å². The minimum atomic E-state index is 1.11. The minimum absolute atomic E-state index is 1.11. The first-order chi connectivity index (χ1) is 7.91. The minimum Gasteiger partial charge on any atom is -0.237 e. The first-order valence-electron chi connectivity index (χ1n) is 6.03. The third kappa shape index (κ3) is 1.88. The summed E-state index contributed by atoms with van der Waals surface area (Å²) < 4.78 is 2.08. The van der Waals surface area contributed by atoms with Gasteiger partial charge in [-0.2, -0.15) is 5.10 Å². The highest BCUT2D eigenvalue weighted by molar-refractivity contribution is 5.50. The van der Waals surface area contributed by atoms with Crippen LogP contribution in [-0.2, 0) is 0 Å². The summed E-state index contributed by atoms with van der Waals surface area (Å²) in [6.07, 6.45) is 0. The second kappa shape index (κ2) is 4.02. The van der Waals surface area contributed by atoms with Crippen molar-refractivity contribution < 1.29 is 0 Å². The normalized spacial score (nSPS) is 10.9. The number of nitrogens with zero attached hydrogens (tertiary/aromatic N) is 2. The fourth-order valence-corrected chi connectivity index (χ4v) is 2.44. The van der Waals surface area contributed by atoms with Gasteiger partial charge in [-0.05, 0) is 58.2 Å². The lowest BCUT2D eigenvalue weighted by molar-refractivity contribution is 0.820. The summed E-state index contributed by atoms with van der Waals surface area (Å²) >= 11 is 0. The molecule has 90 valence electrons. The van der Waals surface area contributed by atoms with Crippen LogP contribution in [0.2, 0.25) is 0 Å². The fraction of sp³-hybridized carbons (Fsp3) is 0.400. The molecule has 1 heterocycles. The summed E-state index contributed by atoms with van der Waals surface area (Å²) in [6.45, 7) is 12.8. The average molecular weight is 228 g/mol. The molecule has 0 saturated carbocycles. The predicted octanol–water partition coefficient (Wildman–Crippen LogP) is 3.72. The van der Waals surface area contributed by atoms with E-state index in [1.807, 2.05) is 0 Å². The Morgan fingerprint density at radius 2 is 1.41 bits per heavy atom. The third-order valence-corrected chi connectivity index (χ3v) is 3.50. The van der Waals surface area contributed by atoms with E-state index in [0.717, 1.165) is 5.69 Å². The zero-order valence-electron chi connectivity index (χ0n) is 11.5. The summed E-state index contributed by atoms with van der Waals surface area (Å²) in [5.74, 6) is 0. The van der Waals surface area contributed by atoms with Crippen molar-refractivity contribution in [1.29, 1.82) is 0 Å². The first kappa shape index (κ1) is 11.9. The maximum Gasteiger partial charge on any atom is 0.0707 e. The highest BCUT2D eigenvalue weighted by Gasteiger charge is 2.13. The molecule has 0 atom stereocenters. The van der Waals surface area contributed by atoms with Gasteiger partial charge in [-0.1, -0.05) is 17.7 Å². The molecule has 0 unspecified atom stereocenters. The second-order valence-electron chi connectivity index (χ2n) is 4.95. The lowest BCUT2D eigenvalue weighted by Gasteiger charge is -2.13. The smallest absolute Gasteiger partial charge is 0.0707 e. The van der Waals surface area contributed by atoms with Crippen LogP contribution in [0.1, 0.15) is 33.6 Å². The van der Waals surface area contributed by atoms with Crippen molar-refractivity contribution in [2.75, 3.05) is 0 Å². The average Bonchev–Trinajstić information content (AvgIpc) is 2.45. The molecule has 0 spiro atoms. The van der Waals surface area contributed by atoms with Crippen LogP contribution in [0.5, 0.6) is 0 Å². The number of benzene rings is 1. The van der Waals surface area contributed by atoms with Crippen LogP contribution in [-0.4, -0.2) is 9.78 Å². The van der Waals surface area contributed by atoms with Crippen LogP contribution in [0.3, 0.4) is 0 Å². The van der Waals surface area contributed by atoms with Crippen molar-refractivity contribution in [3.63, 3.8) is 0 Å². The number of hydrogen-bond donors (Lipinski definition) is 0. The van der Waals surface area contributed by atoms with Gasteiger partial charge in [0.05, 0.1) is 11.4 Å². The van der Waals surface area contributed by atoms with Gasteiger partial charge in [0.1, 0.15) is 0 Å². The SMILES string of the molecule is Cc1cc(C)c(-n2nc(C)c(C)c2C)c(C)c1. The van der Waals surface area contributed by atoms with Crippen molar-refractivity contribution in [2.45, 2.75) is 41.5 Å². The van der Waals surface area contributed by atoms with E-state index in [9.17, 15) is 0 Å². The van der Waals surface area contributed by atoms with Crippen LogP contribution in [0.15, 0.2) is 12.1 Å². The number of aromatic nitrogens is 2. The zero-order chi connectivity index (χ0) is 12.7. The van der Waals surface area contributed by atoms with E-state index in [1.165, 1.54) is 33.6 Å². The van der Waals surface area contributed by atoms with Crippen LogP contribution < -0.4 is 0 Å². The van der Waals surface area contributed by atoms with E-state index in [-0.39, 0.29) is 0 Å². The van der Waals surface area contributed by atoms with Gasteiger partial charge < -0.3 is 0 Å². The topological polar surface area (TPSA) is 17.8 Å². The van der Waals surface area contributed by atoms with E-state index in [1.54, 1.807) is 0 Å². The van der Waals surface area contributed by atoms with Crippen LogP contribution in [0, 0.1) is 41.5 Å². The maximum atomic E-state index is 4.65. The van der Waals surface area contributed by atoms with Crippen molar-refractivity contribution in [1.82, 2.24) is 9.78 Å². The van der Waals surface area contributed by atoms with Gasteiger partial charge in [-0.3, -0.25) is 0 Å². The molecule has 17 heavy (non-hydrogen) atoms. The Hall–Kier alpha value is -1.57. The Bertz CT molecular complexity index is 554. The van der Waals surface area contributed by atoms with E-state index in [4.69, 9.17) is 0 Å². The Balaban J connectivity index is 2.73. The molecular weight excluding hydrogens is 208 g/mol. The molecule has 0 bridgehead atoms. The second-order valence-corrected chi connectivity index (χ2v) is 4.95. The number of rotatable bonds is 1. The largest absolute Gasteiger partial charge is 0.237 e.